The molecule has 4 heteroatoms. The Kier molecular flexibility index (Phi) is 4.78. The first-order valence-electron chi connectivity index (χ1n) is 7.01. The average molecular weight is 291 g/mol. The molecule has 0 atom stereocenters. The monoisotopic (exact) mass is 291 g/mol. The van der Waals surface area contributed by atoms with Gasteiger partial charge in [-0.3, -0.25) is 4.79 Å². The zero-order valence-electron chi connectivity index (χ0n) is 12.0. The Morgan fingerprint density at radius 1 is 1.30 bits per heavy atom. The van der Waals surface area contributed by atoms with Gasteiger partial charge in [0.1, 0.15) is 5.60 Å². The molecule has 0 unspecified atom stereocenters. The van der Waals surface area contributed by atoms with Crippen molar-refractivity contribution in [1.82, 2.24) is 0 Å². The first kappa shape index (κ1) is 15.0. The Bertz CT molecular complexity index is 587. The summed E-state index contributed by atoms with van der Waals surface area (Å²) in [5.41, 5.74) is 5.88. The van der Waals surface area contributed by atoms with Crippen molar-refractivity contribution in [2.75, 3.05) is 6.61 Å². The van der Waals surface area contributed by atoms with Gasteiger partial charge >= 0.3 is 0 Å². The molecule has 2 aromatic rings. The van der Waals surface area contributed by atoms with Crippen LogP contribution in [0.4, 0.5) is 0 Å². The van der Waals surface area contributed by atoms with Gasteiger partial charge in [-0.2, -0.15) is 0 Å². The number of fused-ring (bicyclic) bond motifs is 1. The molecule has 0 saturated heterocycles. The quantitative estimate of drug-likeness (QED) is 0.848. The molecule has 0 aliphatic rings. The number of hydrogen-bond donors (Lipinski definition) is 1. The fourth-order valence-electron chi connectivity index (χ4n) is 2.41. The minimum atomic E-state index is -0.813. The van der Waals surface area contributed by atoms with E-state index in [1.807, 2.05) is 13.8 Å². The summed E-state index contributed by atoms with van der Waals surface area (Å²) in [6.07, 6.45) is 2.02. The van der Waals surface area contributed by atoms with E-state index in [0.29, 0.717) is 19.4 Å². The second kappa shape index (κ2) is 6.37. The zero-order valence-corrected chi connectivity index (χ0v) is 12.8. The molecular formula is C16H21NO2S. The van der Waals surface area contributed by atoms with E-state index in [-0.39, 0.29) is 5.91 Å². The van der Waals surface area contributed by atoms with E-state index in [2.05, 4.69) is 29.6 Å². The molecule has 0 aliphatic heterocycles. The van der Waals surface area contributed by atoms with Crippen molar-refractivity contribution in [3.63, 3.8) is 0 Å². The average Bonchev–Trinajstić information content (AvgIpc) is 2.91. The van der Waals surface area contributed by atoms with Crippen molar-refractivity contribution in [1.29, 1.82) is 0 Å². The molecule has 0 aliphatic carbocycles. The number of thiophene rings is 1. The van der Waals surface area contributed by atoms with E-state index in [4.69, 9.17) is 10.5 Å². The summed E-state index contributed by atoms with van der Waals surface area (Å²) in [7, 11) is 0. The Balaban J connectivity index is 1.99. The van der Waals surface area contributed by atoms with E-state index in [9.17, 15) is 4.79 Å². The fourth-order valence-corrected chi connectivity index (χ4v) is 3.18. The fraction of sp³-hybridized carbons (Fsp3) is 0.438. The normalized spacial score (nSPS) is 11.9. The standard InChI is InChI=1S/C16H21NO2S/c1-3-16(4-2,15(17)18)19-9-7-12-5-6-14-13(11-12)8-10-20-14/h5-6,8,10-11H,3-4,7,9H2,1-2H3,(H2,17,18). The van der Waals surface area contributed by atoms with Crippen LogP contribution >= 0.6 is 11.3 Å². The number of carbonyl (C=O) groups is 1. The molecule has 0 bridgehead atoms. The van der Waals surface area contributed by atoms with E-state index in [0.717, 1.165) is 6.42 Å². The van der Waals surface area contributed by atoms with Crippen LogP contribution in [0.25, 0.3) is 10.1 Å². The molecular weight excluding hydrogens is 270 g/mol. The summed E-state index contributed by atoms with van der Waals surface area (Å²) in [6, 6.07) is 8.55. The number of hydrogen-bond acceptors (Lipinski definition) is 3. The molecule has 0 fully saturated rings. The molecule has 1 amide bonds. The number of amides is 1. The predicted octanol–water partition coefficient (Wildman–Crippen LogP) is 3.50. The number of ether oxygens (including phenoxy) is 1. The highest BCUT2D eigenvalue weighted by molar-refractivity contribution is 7.17. The molecule has 0 radical (unpaired) electrons. The molecule has 2 rings (SSSR count). The third-order valence-electron chi connectivity index (χ3n) is 3.88. The second-order valence-corrected chi connectivity index (χ2v) is 5.90. The van der Waals surface area contributed by atoms with Crippen molar-refractivity contribution < 1.29 is 9.53 Å². The lowest BCUT2D eigenvalue weighted by Gasteiger charge is -2.28. The summed E-state index contributed by atoms with van der Waals surface area (Å²) in [5.74, 6) is -0.365. The molecule has 1 heterocycles. The lowest BCUT2D eigenvalue weighted by Crippen LogP contribution is -2.45. The lowest BCUT2D eigenvalue weighted by molar-refractivity contribution is -0.144. The van der Waals surface area contributed by atoms with Gasteiger partial charge in [0.05, 0.1) is 6.61 Å². The van der Waals surface area contributed by atoms with Crippen LogP contribution in [0.3, 0.4) is 0 Å². The summed E-state index contributed by atoms with van der Waals surface area (Å²) in [5, 5.41) is 3.36. The lowest BCUT2D eigenvalue weighted by atomic mass is 9.96. The van der Waals surface area contributed by atoms with Gasteiger partial charge in [0.25, 0.3) is 0 Å². The summed E-state index contributed by atoms with van der Waals surface area (Å²) in [6.45, 7) is 4.39. The third-order valence-corrected chi connectivity index (χ3v) is 4.78. The van der Waals surface area contributed by atoms with Crippen LogP contribution in [0.2, 0.25) is 0 Å². The third kappa shape index (κ3) is 3.02. The number of rotatable bonds is 7. The molecule has 2 N–H and O–H groups in total. The maximum Gasteiger partial charge on any atom is 0.249 e. The van der Waals surface area contributed by atoms with Crippen LogP contribution in [0.15, 0.2) is 29.6 Å². The first-order chi connectivity index (χ1) is 9.61. The van der Waals surface area contributed by atoms with Gasteiger partial charge < -0.3 is 10.5 Å². The predicted molar refractivity (Wildman–Crippen MR) is 84.0 cm³/mol. The van der Waals surface area contributed by atoms with Crippen LogP contribution in [0, 0.1) is 0 Å². The molecule has 3 nitrogen and oxygen atoms in total. The SMILES string of the molecule is CCC(CC)(OCCc1ccc2sccc2c1)C(N)=O. The van der Waals surface area contributed by atoms with Crippen molar-refractivity contribution in [3.05, 3.63) is 35.2 Å². The van der Waals surface area contributed by atoms with Gasteiger partial charge in [0, 0.05) is 4.70 Å². The smallest absolute Gasteiger partial charge is 0.249 e. The minimum absolute atomic E-state index is 0.365. The van der Waals surface area contributed by atoms with Crippen LogP contribution in [0.5, 0.6) is 0 Å². The Labute approximate surface area is 123 Å². The topological polar surface area (TPSA) is 52.3 Å². The van der Waals surface area contributed by atoms with Crippen LogP contribution < -0.4 is 5.73 Å². The van der Waals surface area contributed by atoms with E-state index < -0.39 is 5.60 Å². The van der Waals surface area contributed by atoms with Crippen LogP contribution in [0.1, 0.15) is 32.3 Å². The molecule has 1 aromatic carbocycles. The summed E-state index contributed by atoms with van der Waals surface area (Å²) < 4.78 is 7.11. The number of benzene rings is 1. The largest absolute Gasteiger partial charge is 0.367 e. The van der Waals surface area contributed by atoms with E-state index in [1.165, 1.54) is 15.6 Å². The minimum Gasteiger partial charge on any atom is -0.367 e. The van der Waals surface area contributed by atoms with Gasteiger partial charge in [-0.05, 0) is 47.7 Å². The summed E-state index contributed by atoms with van der Waals surface area (Å²) >= 11 is 1.74. The van der Waals surface area contributed by atoms with Crippen molar-refractivity contribution in [2.24, 2.45) is 5.73 Å². The highest BCUT2D eigenvalue weighted by atomic mass is 32.1. The number of carbonyl (C=O) groups excluding carboxylic acids is 1. The van der Waals surface area contributed by atoms with Crippen LogP contribution in [-0.4, -0.2) is 18.1 Å². The molecule has 0 spiro atoms. The van der Waals surface area contributed by atoms with Gasteiger partial charge in [0.2, 0.25) is 5.91 Å². The Morgan fingerprint density at radius 3 is 2.70 bits per heavy atom. The van der Waals surface area contributed by atoms with Gasteiger partial charge in [-0.15, -0.1) is 11.3 Å². The van der Waals surface area contributed by atoms with Crippen LogP contribution in [-0.2, 0) is 16.0 Å². The van der Waals surface area contributed by atoms with Gasteiger partial charge in [0.15, 0.2) is 0 Å². The highest BCUT2D eigenvalue weighted by Gasteiger charge is 2.33. The molecule has 0 saturated carbocycles. The van der Waals surface area contributed by atoms with Gasteiger partial charge in [-0.25, -0.2) is 0 Å². The van der Waals surface area contributed by atoms with E-state index in [1.54, 1.807) is 11.3 Å². The Morgan fingerprint density at radius 2 is 2.05 bits per heavy atom. The molecule has 1 aromatic heterocycles. The van der Waals surface area contributed by atoms with Gasteiger partial charge in [-0.1, -0.05) is 26.0 Å². The highest BCUT2D eigenvalue weighted by Crippen LogP contribution is 2.23. The van der Waals surface area contributed by atoms with Crippen molar-refractivity contribution in [2.45, 2.75) is 38.7 Å². The first-order valence-corrected chi connectivity index (χ1v) is 7.89. The number of nitrogens with two attached hydrogens (primary N) is 1. The second-order valence-electron chi connectivity index (χ2n) is 4.96. The summed E-state index contributed by atoms with van der Waals surface area (Å²) in [4.78, 5) is 11.6. The molecule has 108 valence electrons. The van der Waals surface area contributed by atoms with Crippen molar-refractivity contribution in [3.8, 4) is 0 Å². The maximum absolute atomic E-state index is 11.6. The Hall–Kier alpha value is -1.39. The van der Waals surface area contributed by atoms with E-state index >= 15 is 0 Å². The zero-order chi connectivity index (χ0) is 14.6. The molecule has 20 heavy (non-hydrogen) atoms. The number of primary amides is 1. The van der Waals surface area contributed by atoms with Crippen molar-refractivity contribution >= 4 is 27.3 Å². The maximum atomic E-state index is 11.6.